The lowest BCUT2D eigenvalue weighted by Crippen LogP contribution is -1.63. The van der Waals surface area contributed by atoms with E-state index in [9.17, 15) is 0 Å². The molecule has 0 aliphatic carbocycles. The van der Waals surface area contributed by atoms with Crippen LogP contribution in [0.25, 0.3) is 10.2 Å². The predicted molar refractivity (Wildman–Crippen MR) is 48.2 cm³/mol. The molecule has 1 heterocycles. The van der Waals surface area contributed by atoms with Crippen LogP contribution in [0, 0.1) is 0 Å². The molecule has 1 aromatic heterocycles. The molecule has 2 rings (SSSR count). The van der Waals surface area contributed by atoms with Crippen molar-refractivity contribution >= 4 is 30.2 Å². The summed E-state index contributed by atoms with van der Waals surface area (Å²) < 4.78 is 4.94. The van der Waals surface area contributed by atoms with Crippen molar-refractivity contribution in [3.8, 4) is 0 Å². The van der Waals surface area contributed by atoms with E-state index in [0.29, 0.717) is 0 Å². The van der Waals surface area contributed by atoms with Crippen molar-refractivity contribution in [1.82, 2.24) is 15.7 Å². The molecule has 0 atom stereocenters. The van der Waals surface area contributed by atoms with Gasteiger partial charge in [-0.25, -0.2) is 0 Å². The molecule has 11 heavy (non-hydrogen) atoms. The minimum absolute atomic E-state index is 0. The fraction of sp³-hybridized carbons (Fsp3) is 0. The first-order valence-electron chi connectivity index (χ1n) is 2.64. The second kappa shape index (κ2) is 4.05. The third-order valence-corrected chi connectivity index (χ3v) is 1.86. The number of fused-ring (bicyclic) bond motifs is 1. The molecule has 0 aliphatic rings. The molecular weight excluding hydrogens is 157 g/mol. The normalized spacial score (nSPS) is 8.36. The Morgan fingerprint density at radius 3 is 2.64 bits per heavy atom. The van der Waals surface area contributed by atoms with E-state index in [1.54, 1.807) is 0 Å². The van der Waals surface area contributed by atoms with Crippen molar-refractivity contribution in [2.24, 2.45) is 0 Å². The van der Waals surface area contributed by atoms with Crippen molar-refractivity contribution in [1.29, 1.82) is 0 Å². The van der Waals surface area contributed by atoms with Gasteiger partial charge in [-0.1, -0.05) is 16.6 Å². The number of benzene rings is 1. The van der Waals surface area contributed by atoms with Gasteiger partial charge in [-0.3, -0.25) is 0 Å². The fourth-order valence-electron chi connectivity index (χ4n) is 0.725. The van der Waals surface area contributed by atoms with Crippen LogP contribution in [0.3, 0.4) is 0 Å². The first-order valence-corrected chi connectivity index (χ1v) is 3.41. The molecule has 0 bridgehead atoms. The molecule has 2 aromatic rings. The second-order valence-electron chi connectivity index (χ2n) is 1.74. The van der Waals surface area contributed by atoms with Crippen molar-refractivity contribution in [2.45, 2.75) is 0 Å². The van der Waals surface area contributed by atoms with Crippen LogP contribution >= 0.6 is 11.5 Å². The Balaban J connectivity index is 0.000000500. The van der Waals surface area contributed by atoms with E-state index >= 15 is 0 Å². The summed E-state index contributed by atoms with van der Waals surface area (Å²) in [6.07, 6.45) is 0. The molecule has 0 saturated heterocycles. The van der Waals surface area contributed by atoms with E-state index in [1.165, 1.54) is 11.5 Å². The van der Waals surface area contributed by atoms with Crippen LogP contribution in [0.1, 0.15) is 0 Å². The van der Waals surface area contributed by atoms with Crippen LogP contribution in [0.4, 0.5) is 0 Å². The zero-order chi connectivity index (χ0) is 6.10. The maximum absolute atomic E-state index is 3.89. The summed E-state index contributed by atoms with van der Waals surface area (Å²) >= 11 is 1.43. The highest BCUT2D eigenvalue weighted by Gasteiger charge is 1.91. The van der Waals surface area contributed by atoms with Crippen LogP contribution in [0.2, 0.25) is 0 Å². The molecule has 3 nitrogen and oxygen atoms in total. The molecule has 55 valence electrons. The lowest BCUT2D eigenvalue weighted by atomic mass is 10.3. The maximum atomic E-state index is 3.89. The molecule has 5 heteroatoms. The second-order valence-corrected chi connectivity index (χ2v) is 2.53. The Morgan fingerprint density at radius 1 is 1.18 bits per heavy atom. The van der Waals surface area contributed by atoms with Gasteiger partial charge in [0.1, 0.15) is 5.52 Å². The topological polar surface area (TPSA) is 60.8 Å². The van der Waals surface area contributed by atoms with Crippen molar-refractivity contribution < 1.29 is 0 Å². The predicted octanol–water partition coefficient (Wildman–Crippen LogP) is 1.47. The highest BCUT2D eigenvalue weighted by atomic mass is 32.1. The van der Waals surface area contributed by atoms with Crippen LogP contribution in [-0.2, 0) is 0 Å². The first kappa shape index (κ1) is 10.1. The van der Waals surface area contributed by atoms with Gasteiger partial charge in [0.25, 0.3) is 0 Å². The summed E-state index contributed by atoms with van der Waals surface area (Å²) in [4.78, 5) is 0. The number of aromatic nitrogens is 2. The first-order chi connectivity index (χ1) is 4.47. The number of hydrogen-bond donors (Lipinski definition) is 1. The molecule has 3 N–H and O–H groups in total. The molecular formula is C6H7BN3S. The zero-order valence-corrected chi connectivity index (χ0v) is 6.71. The number of hydrogen-bond acceptors (Lipinski definition) is 4. The molecule has 0 aliphatic heterocycles. The molecule has 0 saturated carbocycles. The van der Waals surface area contributed by atoms with Gasteiger partial charge in [0, 0.05) is 8.41 Å². The third-order valence-electron chi connectivity index (χ3n) is 1.15. The molecule has 0 unspecified atom stereocenters. The van der Waals surface area contributed by atoms with Crippen molar-refractivity contribution in [3.05, 3.63) is 24.3 Å². The molecule has 3 radical (unpaired) electrons. The Kier molecular flexibility index (Phi) is 3.71. The highest BCUT2D eigenvalue weighted by Crippen LogP contribution is 2.12. The van der Waals surface area contributed by atoms with Gasteiger partial charge in [-0.15, -0.1) is 5.10 Å². The number of rotatable bonds is 0. The minimum Gasteiger partial charge on any atom is -0.344 e. The van der Waals surface area contributed by atoms with Crippen LogP contribution in [0.15, 0.2) is 24.3 Å². The quantitative estimate of drug-likeness (QED) is 0.599. The number of nitrogens with zero attached hydrogens (tertiary/aromatic N) is 2. The van der Waals surface area contributed by atoms with Crippen molar-refractivity contribution in [2.75, 3.05) is 0 Å². The van der Waals surface area contributed by atoms with Gasteiger partial charge in [-0.05, 0) is 23.7 Å². The summed E-state index contributed by atoms with van der Waals surface area (Å²) in [7, 11) is 0. The van der Waals surface area contributed by atoms with E-state index in [1.807, 2.05) is 24.3 Å². The van der Waals surface area contributed by atoms with Gasteiger partial charge in [-0.2, -0.15) is 0 Å². The van der Waals surface area contributed by atoms with Gasteiger partial charge in [0.2, 0.25) is 0 Å². The standard InChI is InChI=1S/C6H4N2S.B.H3N/c1-2-4-6-5(3-1)7-8-9-6;;/h1-4H;;1H3. The van der Waals surface area contributed by atoms with E-state index in [4.69, 9.17) is 0 Å². The Hall–Kier alpha value is -0.935. The van der Waals surface area contributed by atoms with Crippen molar-refractivity contribution in [3.63, 3.8) is 0 Å². The molecule has 1 aromatic carbocycles. The lowest BCUT2D eigenvalue weighted by molar-refractivity contribution is 1.20. The van der Waals surface area contributed by atoms with E-state index in [-0.39, 0.29) is 14.6 Å². The highest BCUT2D eigenvalue weighted by molar-refractivity contribution is 7.12. The summed E-state index contributed by atoms with van der Waals surface area (Å²) in [6, 6.07) is 7.92. The zero-order valence-electron chi connectivity index (χ0n) is 5.90. The fourth-order valence-corrected chi connectivity index (χ4v) is 1.28. The Bertz CT molecular complexity index is 292. The van der Waals surface area contributed by atoms with Crippen LogP contribution < -0.4 is 6.15 Å². The Labute approximate surface area is 70.8 Å². The van der Waals surface area contributed by atoms with Gasteiger partial charge in [0.15, 0.2) is 0 Å². The average Bonchev–Trinajstić information content (AvgIpc) is 2.33. The summed E-state index contributed by atoms with van der Waals surface area (Å²) in [5.74, 6) is 0. The SMILES string of the molecule is N.[B].c1ccc2snnc2c1. The summed E-state index contributed by atoms with van der Waals surface area (Å²) in [5, 5.41) is 3.89. The van der Waals surface area contributed by atoms with E-state index < -0.39 is 0 Å². The molecule has 0 fully saturated rings. The molecule has 0 amide bonds. The monoisotopic (exact) mass is 164 g/mol. The van der Waals surface area contributed by atoms with Gasteiger partial charge >= 0.3 is 0 Å². The van der Waals surface area contributed by atoms with Crippen LogP contribution in [-0.4, -0.2) is 18.0 Å². The average molecular weight is 164 g/mol. The molecule has 0 spiro atoms. The lowest BCUT2D eigenvalue weighted by Gasteiger charge is -1.78. The van der Waals surface area contributed by atoms with Gasteiger partial charge in [0.05, 0.1) is 4.70 Å². The van der Waals surface area contributed by atoms with Crippen LogP contribution in [0.5, 0.6) is 0 Å². The van der Waals surface area contributed by atoms with Gasteiger partial charge < -0.3 is 6.15 Å². The van der Waals surface area contributed by atoms with E-state index in [0.717, 1.165) is 10.2 Å². The van der Waals surface area contributed by atoms with E-state index in [2.05, 4.69) is 9.59 Å². The largest absolute Gasteiger partial charge is 0.344 e. The summed E-state index contributed by atoms with van der Waals surface area (Å²) in [5.41, 5.74) is 0.988. The third kappa shape index (κ3) is 1.75. The maximum Gasteiger partial charge on any atom is 0.105 e. The summed E-state index contributed by atoms with van der Waals surface area (Å²) in [6.45, 7) is 0. The minimum atomic E-state index is 0. The Morgan fingerprint density at radius 2 is 1.91 bits per heavy atom. The smallest absolute Gasteiger partial charge is 0.105 e.